The topological polar surface area (TPSA) is 89.2 Å². The first-order chi connectivity index (χ1) is 14.6. The van der Waals surface area contributed by atoms with Crippen LogP contribution in [0.25, 0.3) is 27.7 Å². The summed E-state index contributed by atoms with van der Waals surface area (Å²) in [5.41, 5.74) is 2.32. The summed E-state index contributed by atoms with van der Waals surface area (Å²) in [4.78, 5) is 0.196. The van der Waals surface area contributed by atoms with E-state index in [1.54, 1.807) is 34.8 Å². The van der Waals surface area contributed by atoms with E-state index in [1.807, 2.05) is 54.6 Å². The molecule has 0 atom stereocenters. The predicted octanol–water partition coefficient (Wildman–Crippen LogP) is 3.42. The van der Waals surface area contributed by atoms with Gasteiger partial charge in [-0.3, -0.25) is 0 Å². The summed E-state index contributed by atoms with van der Waals surface area (Å²) in [5, 5.41) is 15.1. The van der Waals surface area contributed by atoms with Crippen molar-refractivity contribution in [2.24, 2.45) is 0 Å². The van der Waals surface area contributed by atoms with Gasteiger partial charge in [-0.15, -0.1) is 10.2 Å². The van der Waals surface area contributed by atoms with Crippen LogP contribution in [0.15, 0.2) is 89.8 Å². The van der Waals surface area contributed by atoms with Crippen molar-refractivity contribution in [3.05, 3.63) is 90.8 Å². The molecule has 0 fully saturated rings. The lowest BCUT2D eigenvalue weighted by Crippen LogP contribution is -2.24. The SMILES string of the molecule is O=S(=O)(NCc1nnc2c3ccccc3c(-c3ccccc3)nn12)c1ccccc1. The van der Waals surface area contributed by atoms with E-state index in [0.717, 1.165) is 22.0 Å². The number of hydrogen-bond acceptors (Lipinski definition) is 5. The smallest absolute Gasteiger partial charge is 0.207 e. The number of benzene rings is 3. The molecule has 0 saturated heterocycles. The minimum Gasteiger partial charge on any atom is -0.207 e. The predicted molar refractivity (Wildman–Crippen MR) is 114 cm³/mol. The molecule has 0 aliphatic rings. The van der Waals surface area contributed by atoms with Crippen LogP contribution in [0.4, 0.5) is 0 Å². The molecule has 0 aliphatic carbocycles. The van der Waals surface area contributed by atoms with E-state index in [9.17, 15) is 8.42 Å². The van der Waals surface area contributed by atoms with E-state index in [2.05, 4.69) is 14.9 Å². The Morgan fingerprint density at radius 2 is 1.40 bits per heavy atom. The van der Waals surface area contributed by atoms with Crippen LogP contribution in [-0.4, -0.2) is 28.2 Å². The summed E-state index contributed by atoms with van der Waals surface area (Å²) in [6, 6.07) is 25.9. The van der Waals surface area contributed by atoms with Gasteiger partial charge in [0.05, 0.1) is 17.1 Å². The fraction of sp³-hybridized carbons (Fsp3) is 0.0455. The zero-order valence-electron chi connectivity index (χ0n) is 15.8. The van der Waals surface area contributed by atoms with Crippen molar-refractivity contribution in [3.63, 3.8) is 0 Å². The second-order valence-corrected chi connectivity index (χ2v) is 8.52. The Morgan fingerprint density at radius 3 is 2.13 bits per heavy atom. The molecule has 5 aromatic rings. The minimum atomic E-state index is -3.67. The number of fused-ring (bicyclic) bond motifs is 3. The summed E-state index contributed by atoms with van der Waals surface area (Å²) < 4.78 is 29.3. The van der Waals surface area contributed by atoms with Gasteiger partial charge in [0.1, 0.15) is 0 Å². The number of aromatic nitrogens is 4. The first kappa shape index (κ1) is 18.4. The highest BCUT2D eigenvalue weighted by molar-refractivity contribution is 7.89. The maximum atomic E-state index is 12.6. The van der Waals surface area contributed by atoms with E-state index >= 15 is 0 Å². The van der Waals surface area contributed by atoms with Gasteiger partial charge in [0.25, 0.3) is 0 Å². The van der Waals surface area contributed by atoms with Crippen molar-refractivity contribution >= 4 is 26.4 Å². The Kier molecular flexibility index (Phi) is 4.50. The van der Waals surface area contributed by atoms with E-state index in [1.165, 1.54) is 0 Å². The van der Waals surface area contributed by atoms with Crippen molar-refractivity contribution in [1.29, 1.82) is 0 Å². The van der Waals surface area contributed by atoms with Gasteiger partial charge in [0.2, 0.25) is 10.0 Å². The lowest BCUT2D eigenvalue weighted by molar-refractivity contribution is 0.578. The minimum absolute atomic E-state index is 0.0298. The molecule has 0 spiro atoms. The third kappa shape index (κ3) is 3.22. The standard InChI is InChI=1S/C22H17N5O2S/c28-30(29,17-11-5-2-6-12-17)23-15-20-24-25-22-19-14-8-7-13-18(19)21(26-27(20)22)16-9-3-1-4-10-16/h1-14,23H,15H2. The van der Waals surface area contributed by atoms with Crippen molar-refractivity contribution in [2.45, 2.75) is 11.4 Å². The zero-order valence-corrected chi connectivity index (χ0v) is 16.6. The van der Waals surface area contributed by atoms with Crippen LogP contribution in [0.5, 0.6) is 0 Å². The molecule has 0 aliphatic heterocycles. The molecule has 0 amide bonds. The van der Waals surface area contributed by atoms with Crippen LogP contribution in [0.2, 0.25) is 0 Å². The van der Waals surface area contributed by atoms with Gasteiger partial charge < -0.3 is 0 Å². The summed E-state index contributed by atoms with van der Waals surface area (Å²) in [6.45, 7) is -0.0298. The highest BCUT2D eigenvalue weighted by Gasteiger charge is 2.18. The molecule has 0 unspecified atom stereocenters. The summed E-state index contributed by atoms with van der Waals surface area (Å²) in [7, 11) is -3.67. The quantitative estimate of drug-likeness (QED) is 0.475. The van der Waals surface area contributed by atoms with Crippen LogP contribution < -0.4 is 4.72 Å². The van der Waals surface area contributed by atoms with Gasteiger partial charge in [-0.2, -0.15) is 9.61 Å². The summed E-state index contributed by atoms with van der Waals surface area (Å²) in [5.74, 6) is 0.410. The summed E-state index contributed by atoms with van der Waals surface area (Å²) in [6.07, 6.45) is 0. The Hall–Kier alpha value is -3.62. The maximum absolute atomic E-state index is 12.6. The van der Waals surface area contributed by atoms with Crippen LogP contribution in [0.1, 0.15) is 5.82 Å². The molecule has 7 nitrogen and oxygen atoms in total. The largest absolute Gasteiger partial charge is 0.240 e. The van der Waals surface area contributed by atoms with Crippen LogP contribution in [-0.2, 0) is 16.6 Å². The average Bonchev–Trinajstić information content (AvgIpc) is 3.22. The van der Waals surface area contributed by atoms with Crippen molar-refractivity contribution in [2.75, 3.05) is 0 Å². The Labute approximate surface area is 173 Å². The van der Waals surface area contributed by atoms with E-state index in [0.29, 0.717) is 11.5 Å². The first-order valence-electron chi connectivity index (χ1n) is 9.37. The molecule has 30 heavy (non-hydrogen) atoms. The van der Waals surface area contributed by atoms with Crippen molar-refractivity contribution in [1.82, 2.24) is 24.5 Å². The molecule has 0 saturated carbocycles. The number of sulfonamides is 1. The van der Waals surface area contributed by atoms with Gasteiger partial charge in [-0.25, -0.2) is 13.1 Å². The average molecular weight is 415 g/mol. The number of hydrogen-bond donors (Lipinski definition) is 1. The number of nitrogens with one attached hydrogen (secondary N) is 1. The second-order valence-electron chi connectivity index (χ2n) is 6.75. The van der Waals surface area contributed by atoms with Crippen LogP contribution in [0, 0.1) is 0 Å². The Morgan fingerprint density at radius 1 is 0.767 bits per heavy atom. The van der Waals surface area contributed by atoms with E-state index < -0.39 is 10.0 Å². The molecule has 2 aromatic heterocycles. The van der Waals surface area contributed by atoms with Crippen molar-refractivity contribution < 1.29 is 8.42 Å². The van der Waals surface area contributed by atoms with Gasteiger partial charge in [0.15, 0.2) is 11.5 Å². The van der Waals surface area contributed by atoms with Gasteiger partial charge in [0, 0.05) is 16.3 Å². The third-order valence-electron chi connectivity index (χ3n) is 4.85. The fourth-order valence-electron chi connectivity index (χ4n) is 3.39. The van der Waals surface area contributed by atoms with Crippen LogP contribution in [0.3, 0.4) is 0 Å². The molecule has 8 heteroatoms. The summed E-state index contributed by atoms with van der Waals surface area (Å²) >= 11 is 0. The van der Waals surface area contributed by atoms with Gasteiger partial charge >= 0.3 is 0 Å². The highest BCUT2D eigenvalue weighted by atomic mass is 32.2. The van der Waals surface area contributed by atoms with E-state index in [4.69, 9.17) is 5.10 Å². The van der Waals surface area contributed by atoms with Gasteiger partial charge in [-0.1, -0.05) is 72.8 Å². The molecular formula is C22H17N5O2S. The molecule has 1 N–H and O–H groups in total. The Balaban J connectivity index is 1.60. The Bertz CT molecular complexity index is 1450. The molecular weight excluding hydrogens is 398 g/mol. The second kappa shape index (κ2) is 7.33. The van der Waals surface area contributed by atoms with Crippen LogP contribution >= 0.6 is 0 Å². The molecule has 0 radical (unpaired) electrons. The molecule has 3 aromatic carbocycles. The number of nitrogens with zero attached hydrogens (tertiary/aromatic N) is 4. The monoisotopic (exact) mass is 415 g/mol. The fourth-order valence-corrected chi connectivity index (χ4v) is 4.39. The third-order valence-corrected chi connectivity index (χ3v) is 6.27. The maximum Gasteiger partial charge on any atom is 0.240 e. The lowest BCUT2D eigenvalue weighted by Gasteiger charge is -2.09. The van der Waals surface area contributed by atoms with Crippen molar-refractivity contribution in [3.8, 4) is 11.3 Å². The number of rotatable bonds is 5. The molecule has 0 bridgehead atoms. The molecule has 2 heterocycles. The van der Waals surface area contributed by atoms with Gasteiger partial charge in [-0.05, 0) is 12.1 Å². The molecule has 5 rings (SSSR count). The lowest BCUT2D eigenvalue weighted by atomic mass is 10.1. The zero-order chi connectivity index (χ0) is 20.6. The van der Waals surface area contributed by atoms with E-state index in [-0.39, 0.29) is 11.4 Å². The molecule has 148 valence electrons. The first-order valence-corrected chi connectivity index (χ1v) is 10.8. The highest BCUT2D eigenvalue weighted by Crippen LogP contribution is 2.28. The normalized spacial score (nSPS) is 11.9.